The van der Waals surface area contributed by atoms with Gasteiger partial charge in [0.05, 0.1) is 11.0 Å². The number of hydrogen-bond donors (Lipinski definition) is 1. The second-order valence-corrected chi connectivity index (χ2v) is 8.23. The van der Waals surface area contributed by atoms with E-state index in [1.165, 1.54) is 0 Å². The summed E-state index contributed by atoms with van der Waals surface area (Å²) in [7, 11) is -3.04. The van der Waals surface area contributed by atoms with Crippen LogP contribution in [0, 0.1) is 17.8 Å². The average Bonchev–Trinajstić information content (AvgIpc) is 2.14. The first-order valence-corrected chi connectivity index (χ1v) is 8.46. The van der Waals surface area contributed by atoms with Gasteiger partial charge in [0.2, 0.25) is 0 Å². The Morgan fingerprint density at radius 1 is 1.29 bits per heavy atom. The highest BCUT2D eigenvalue weighted by atomic mass is 32.2. The standard InChI is InChI=1S/C13H27NO2S/c1-5-9(2)8-17(15,16)13-11(4)6-10(3)7-12(13)14/h9-13H,5-8,14H2,1-4H3. The Morgan fingerprint density at radius 3 is 2.35 bits per heavy atom. The number of nitrogens with two attached hydrogens (primary N) is 1. The minimum Gasteiger partial charge on any atom is -0.327 e. The van der Waals surface area contributed by atoms with Crippen molar-refractivity contribution in [1.82, 2.24) is 0 Å². The van der Waals surface area contributed by atoms with Gasteiger partial charge >= 0.3 is 0 Å². The normalized spacial score (nSPS) is 36.8. The van der Waals surface area contributed by atoms with E-state index in [-0.39, 0.29) is 23.1 Å². The predicted molar refractivity (Wildman–Crippen MR) is 72.6 cm³/mol. The molecule has 1 fully saturated rings. The van der Waals surface area contributed by atoms with Crippen LogP contribution in [0.5, 0.6) is 0 Å². The lowest BCUT2D eigenvalue weighted by molar-refractivity contribution is 0.270. The van der Waals surface area contributed by atoms with Crippen LogP contribution in [0.4, 0.5) is 0 Å². The Balaban J connectivity index is 2.82. The molecule has 0 aromatic carbocycles. The van der Waals surface area contributed by atoms with Gasteiger partial charge in [0.1, 0.15) is 0 Å². The Bertz CT molecular complexity index is 327. The average molecular weight is 261 g/mol. The van der Waals surface area contributed by atoms with Gasteiger partial charge in [-0.05, 0) is 30.6 Å². The topological polar surface area (TPSA) is 60.2 Å². The summed E-state index contributed by atoms with van der Waals surface area (Å²) in [6.07, 6.45) is 2.73. The molecule has 0 bridgehead atoms. The van der Waals surface area contributed by atoms with Crippen molar-refractivity contribution in [2.45, 2.75) is 58.2 Å². The molecule has 1 aliphatic carbocycles. The van der Waals surface area contributed by atoms with Crippen molar-refractivity contribution in [3.8, 4) is 0 Å². The van der Waals surface area contributed by atoms with Gasteiger partial charge in [-0.15, -0.1) is 0 Å². The molecule has 0 saturated heterocycles. The molecule has 1 aliphatic rings. The van der Waals surface area contributed by atoms with E-state index in [4.69, 9.17) is 5.73 Å². The fourth-order valence-corrected chi connectivity index (χ4v) is 5.85. The molecule has 1 rings (SSSR count). The second kappa shape index (κ2) is 5.70. The summed E-state index contributed by atoms with van der Waals surface area (Å²) < 4.78 is 24.8. The third-order valence-corrected chi connectivity index (χ3v) is 6.74. The van der Waals surface area contributed by atoms with Crippen LogP contribution in [0.3, 0.4) is 0 Å². The van der Waals surface area contributed by atoms with E-state index in [2.05, 4.69) is 6.92 Å². The van der Waals surface area contributed by atoms with E-state index >= 15 is 0 Å². The lowest BCUT2D eigenvalue weighted by atomic mass is 9.80. The molecule has 0 aromatic heterocycles. The quantitative estimate of drug-likeness (QED) is 0.844. The van der Waals surface area contributed by atoms with Gasteiger partial charge in [-0.2, -0.15) is 0 Å². The lowest BCUT2D eigenvalue weighted by Gasteiger charge is -2.37. The van der Waals surface area contributed by atoms with Crippen molar-refractivity contribution >= 4 is 9.84 Å². The number of sulfone groups is 1. The molecule has 5 unspecified atom stereocenters. The molecule has 2 N–H and O–H groups in total. The summed E-state index contributed by atoms with van der Waals surface area (Å²) in [6, 6.07) is -0.178. The van der Waals surface area contributed by atoms with Gasteiger partial charge in [-0.25, -0.2) is 8.42 Å². The highest BCUT2D eigenvalue weighted by molar-refractivity contribution is 7.92. The summed E-state index contributed by atoms with van der Waals surface area (Å²) in [4.78, 5) is 0. The molecule has 17 heavy (non-hydrogen) atoms. The molecule has 4 heteroatoms. The van der Waals surface area contributed by atoms with Gasteiger partial charge < -0.3 is 5.73 Å². The molecule has 1 saturated carbocycles. The summed E-state index contributed by atoms with van der Waals surface area (Å²) in [5, 5.41) is -0.326. The molecule has 0 aromatic rings. The molecule has 102 valence electrons. The zero-order valence-electron chi connectivity index (χ0n) is 11.5. The van der Waals surface area contributed by atoms with E-state index < -0.39 is 9.84 Å². The molecule has 5 atom stereocenters. The third kappa shape index (κ3) is 3.68. The lowest BCUT2D eigenvalue weighted by Crippen LogP contribution is -2.50. The SMILES string of the molecule is CCC(C)CS(=O)(=O)C1C(C)CC(C)CC1N. The van der Waals surface area contributed by atoms with Gasteiger partial charge in [0, 0.05) is 6.04 Å². The first-order valence-electron chi connectivity index (χ1n) is 6.75. The van der Waals surface area contributed by atoms with Gasteiger partial charge in [-0.1, -0.05) is 34.1 Å². The predicted octanol–water partition coefficient (Wildman–Crippen LogP) is 2.21. The second-order valence-electron chi connectivity index (χ2n) is 6.03. The van der Waals surface area contributed by atoms with Crippen molar-refractivity contribution in [2.24, 2.45) is 23.5 Å². The third-order valence-electron chi connectivity index (χ3n) is 4.06. The zero-order chi connectivity index (χ0) is 13.2. The van der Waals surface area contributed by atoms with E-state index in [0.29, 0.717) is 11.7 Å². The van der Waals surface area contributed by atoms with Crippen LogP contribution in [-0.2, 0) is 9.84 Å². The van der Waals surface area contributed by atoms with Crippen molar-refractivity contribution in [3.63, 3.8) is 0 Å². The van der Waals surface area contributed by atoms with Crippen LogP contribution < -0.4 is 5.73 Å². The van der Waals surface area contributed by atoms with Crippen LogP contribution >= 0.6 is 0 Å². The van der Waals surface area contributed by atoms with Crippen molar-refractivity contribution in [2.75, 3.05) is 5.75 Å². The molecular weight excluding hydrogens is 234 g/mol. The monoisotopic (exact) mass is 261 g/mol. The fourth-order valence-electron chi connectivity index (χ4n) is 3.13. The number of hydrogen-bond acceptors (Lipinski definition) is 3. The molecule has 0 amide bonds. The maximum absolute atomic E-state index is 12.4. The molecular formula is C13H27NO2S. The molecule has 3 nitrogen and oxygen atoms in total. The highest BCUT2D eigenvalue weighted by Gasteiger charge is 2.40. The summed E-state index contributed by atoms with van der Waals surface area (Å²) in [6.45, 7) is 8.23. The Labute approximate surface area is 106 Å². The van der Waals surface area contributed by atoms with Gasteiger partial charge in [0.15, 0.2) is 9.84 Å². The fraction of sp³-hybridized carbons (Fsp3) is 1.00. The minimum absolute atomic E-state index is 0.178. The van der Waals surface area contributed by atoms with E-state index in [1.54, 1.807) is 0 Å². The van der Waals surface area contributed by atoms with Gasteiger partial charge in [0.25, 0.3) is 0 Å². The van der Waals surface area contributed by atoms with Crippen LogP contribution in [0.15, 0.2) is 0 Å². The Hall–Kier alpha value is -0.0900. The summed E-state index contributed by atoms with van der Waals surface area (Å²) >= 11 is 0. The summed E-state index contributed by atoms with van der Waals surface area (Å²) in [5.41, 5.74) is 6.08. The Kier molecular flexibility index (Phi) is 5.02. The molecule has 0 radical (unpaired) electrons. The van der Waals surface area contributed by atoms with Crippen LogP contribution in [-0.4, -0.2) is 25.5 Å². The smallest absolute Gasteiger partial charge is 0.155 e. The maximum atomic E-state index is 12.4. The minimum atomic E-state index is -3.04. The molecule has 0 aliphatic heterocycles. The van der Waals surface area contributed by atoms with Crippen molar-refractivity contribution in [1.29, 1.82) is 0 Å². The summed E-state index contributed by atoms with van der Waals surface area (Å²) in [5.74, 6) is 1.28. The van der Waals surface area contributed by atoms with Crippen LogP contribution in [0.25, 0.3) is 0 Å². The zero-order valence-corrected chi connectivity index (χ0v) is 12.3. The van der Waals surface area contributed by atoms with Crippen molar-refractivity contribution in [3.05, 3.63) is 0 Å². The Morgan fingerprint density at radius 2 is 1.88 bits per heavy atom. The molecule has 0 heterocycles. The first kappa shape index (κ1) is 15.0. The van der Waals surface area contributed by atoms with E-state index in [1.807, 2.05) is 20.8 Å². The molecule has 0 spiro atoms. The maximum Gasteiger partial charge on any atom is 0.155 e. The van der Waals surface area contributed by atoms with E-state index in [0.717, 1.165) is 19.3 Å². The van der Waals surface area contributed by atoms with E-state index in [9.17, 15) is 8.42 Å². The number of rotatable bonds is 4. The largest absolute Gasteiger partial charge is 0.327 e. The van der Waals surface area contributed by atoms with Crippen molar-refractivity contribution < 1.29 is 8.42 Å². The highest BCUT2D eigenvalue weighted by Crippen LogP contribution is 2.33. The van der Waals surface area contributed by atoms with Crippen LogP contribution in [0.2, 0.25) is 0 Å². The van der Waals surface area contributed by atoms with Gasteiger partial charge in [-0.3, -0.25) is 0 Å². The first-order chi connectivity index (χ1) is 7.77. The van der Waals surface area contributed by atoms with Crippen LogP contribution in [0.1, 0.15) is 47.0 Å².